The van der Waals surface area contributed by atoms with Crippen LogP contribution in [0.4, 0.5) is 4.79 Å². The molecule has 75 heavy (non-hydrogen) atoms. The van der Waals surface area contributed by atoms with E-state index < -0.39 is 112 Å². The summed E-state index contributed by atoms with van der Waals surface area (Å²) in [6.45, 7) is 25.4. The van der Waals surface area contributed by atoms with Gasteiger partial charge in [0.25, 0.3) is 0 Å². The van der Waals surface area contributed by atoms with Crippen molar-refractivity contribution in [3.8, 4) is 0 Å². The van der Waals surface area contributed by atoms with Crippen LogP contribution < -0.4 is 37.2 Å². The molecule has 2 fully saturated rings. The fraction of sp³-hybridized carbons (Fsp3) is 0.722. The average Bonchev–Trinajstić information content (AvgIpc) is 4.01. The van der Waals surface area contributed by atoms with Gasteiger partial charge in [-0.1, -0.05) is 71.9 Å². The van der Waals surface area contributed by atoms with Crippen LogP contribution in [0, 0.1) is 17.8 Å². The molecular formula is C54H89N9O12. The maximum absolute atomic E-state index is 14.3. The van der Waals surface area contributed by atoms with Crippen LogP contribution in [-0.2, 0) is 54.4 Å². The van der Waals surface area contributed by atoms with Crippen molar-refractivity contribution in [2.75, 3.05) is 26.3 Å². The van der Waals surface area contributed by atoms with Crippen LogP contribution in [0.5, 0.6) is 0 Å². The first-order valence-electron chi connectivity index (χ1n) is 26.4. The van der Waals surface area contributed by atoms with Crippen molar-refractivity contribution in [3.05, 3.63) is 35.9 Å². The number of benzene rings is 1. The Hall–Kier alpha value is -5.83. The van der Waals surface area contributed by atoms with E-state index in [0.717, 1.165) is 5.56 Å². The summed E-state index contributed by atoms with van der Waals surface area (Å²) in [5, 5.41) is 29.0. The van der Waals surface area contributed by atoms with Gasteiger partial charge in [-0.05, 0) is 124 Å². The molecule has 2 aliphatic heterocycles. The van der Waals surface area contributed by atoms with E-state index >= 15 is 0 Å². The van der Waals surface area contributed by atoms with Gasteiger partial charge in [-0.15, -0.1) is 0 Å². The molecule has 0 unspecified atom stereocenters. The predicted molar refractivity (Wildman–Crippen MR) is 282 cm³/mol. The highest BCUT2D eigenvalue weighted by Gasteiger charge is 2.46. The molecule has 21 nitrogen and oxygen atoms in total. The lowest BCUT2D eigenvalue weighted by Crippen LogP contribution is -2.65. The van der Waals surface area contributed by atoms with Gasteiger partial charge in [-0.3, -0.25) is 38.4 Å². The van der Waals surface area contributed by atoms with E-state index in [1.54, 1.807) is 58.9 Å². The van der Waals surface area contributed by atoms with Gasteiger partial charge >= 0.3 is 6.09 Å². The second-order valence-electron chi connectivity index (χ2n) is 23.7. The summed E-state index contributed by atoms with van der Waals surface area (Å²) in [6, 6.07) is 3.14. The fourth-order valence-electron chi connectivity index (χ4n) is 8.92. The Morgan fingerprint density at radius 2 is 1.13 bits per heavy atom. The van der Waals surface area contributed by atoms with Gasteiger partial charge < -0.3 is 61.6 Å². The molecule has 0 saturated carbocycles. The summed E-state index contributed by atoms with van der Waals surface area (Å²) in [5.74, 6) is -5.20. The van der Waals surface area contributed by atoms with Gasteiger partial charge in [-0.2, -0.15) is 0 Å². The smallest absolute Gasteiger partial charge is 0.408 e. The minimum atomic E-state index is -1.61. The number of nitrogens with one attached hydrogen (secondary N) is 7. The molecule has 9 amide bonds. The summed E-state index contributed by atoms with van der Waals surface area (Å²) in [7, 11) is 0. The van der Waals surface area contributed by atoms with E-state index in [0.29, 0.717) is 32.2 Å². The number of rotatable bonds is 25. The SMILES string of the molecule is CC(C)C[C@@H](CO)NC(=O)[C@@H]1CCCN1C(=O)C(C)(C)NC(=O)[C@H](CC(C)C)NC(=O)C(C)(C)NC(=O)[C@@H]1CCCN1C(=O)C(C)(C)NC(=O)[C@@H](NC(=O)[C@H](COC(C)(C)C)NC(=O)OCc1ccccc1)C(C)C. The molecule has 422 valence electrons. The largest absolute Gasteiger partial charge is 0.445 e. The molecule has 0 spiro atoms. The number of likely N-dealkylation sites (tertiary alicyclic amines) is 2. The number of hydrogen-bond acceptors (Lipinski definition) is 12. The van der Waals surface area contributed by atoms with Crippen LogP contribution in [0.25, 0.3) is 0 Å². The molecule has 3 rings (SSSR count). The molecule has 0 aromatic heterocycles. The Bertz CT molecular complexity index is 2160. The van der Waals surface area contributed by atoms with Crippen LogP contribution in [0.15, 0.2) is 30.3 Å². The van der Waals surface area contributed by atoms with Crippen molar-refractivity contribution in [2.45, 2.75) is 207 Å². The molecule has 2 saturated heterocycles. The topological polar surface area (TPSA) is 283 Å². The number of aliphatic hydroxyl groups excluding tert-OH is 1. The molecule has 2 aliphatic rings. The van der Waals surface area contributed by atoms with Gasteiger partial charge in [-0.25, -0.2) is 4.79 Å². The molecule has 0 bridgehead atoms. The molecular weight excluding hydrogens is 967 g/mol. The molecule has 0 radical (unpaired) electrons. The molecule has 21 heteroatoms. The number of carbonyl (C=O) groups excluding carboxylic acids is 9. The van der Waals surface area contributed by atoms with E-state index in [9.17, 15) is 48.3 Å². The molecule has 1 aromatic carbocycles. The van der Waals surface area contributed by atoms with E-state index in [-0.39, 0.29) is 57.0 Å². The first-order chi connectivity index (χ1) is 34.7. The highest BCUT2D eigenvalue weighted by atomic mass is 16.5. The Kier molecular flexibility index (Phi) is 23.1. The van der Waals surface area contributed by atoms with E-state index in [2.05, 4.69) is 37.2 Å². The second kappa shape index (κ2) is 27.3. The van der Waals surface area contributed by atoms with Gasteiger partial charge in [0.05, 0.1) is 24.9 Å². The lowest BCUT2D eigenvalue weighted by Gasteiger charge is -2.36. The summed E-state index contributed by atoms with van der Waals surface area (Å²) < 4.78 is 11.2. The monoisotopic (exact) mass is 1060 g/mol. The minimum Gasteiger partial charge on any atom is -0.445 e. The summed E-state index contributed by atoms with van der Waals surface area (Å²) in [4.78, 5) is 127. The highest BCUT2D eigenvalue weighted by Crippen LogP contribution is 2.25. The Labute approximate surface area is 444 Å². The fourth-order valence-corrected chi connectivity index (χ4v) is 8.92. The maximum Gasteiger partial charge on any atom is 0.408 e. The molecule has 8 N–H and O–H groups in total. The lowest BCUT2D eigenvalue weighted by molar-refractivity contribution is -0.146. The van der Waals surface area contributed by atoms with Crippen LogP contribution in [0.3, 0.4) is 0 Å². The van der Waals surface area contributed by atoms with Gasteiger partial charge in [0, 0.05) is 13.1 Å². The third-order valence-corrected chi connectivity index (χ3v) is 13.0. The predicted octanol–water partition coefficient (Wildman–Crippen LogP) is 2.96. The summed E-state index contributed by atoms with van der Waals surface area (Å²) in [6.07, 6.45) is 1.56. The molecule has 0 aliphatic carbocycles. The van der Waals surface area contributed by atoms with Gasteiger partial charge in [0.1, 0.15) is 53.4 Å². The van der Waals surface area contributed by atoms with E-state index in [4.69, 9.17) is 9.47 Å². The zero-order valence-electron chi connectivity index (χ0n) is 47.2. The Morgan fingerprint density at radius 3 is 1.63 bits per heavy atom. The Balaban J connectivity index is 1.69. The number of ether oxygens (including phenoxy) is 2. The quantitative estimate of drug-likeness (QED) is 0.0702. The third kappa shape index (κ3) is 19.4. The van der Waals surface area contributed by atoms with Gasteiger partial charge in [0.2, 0.25) is 47.3 Å². The number of carbonyl (C=O) groups is 9. The second-order valence-corrected chi connectivity index (χ2v) is 23.7. The normalized spacial score (nSPS) is 17.9. The first-order valence-corrected chi connectivity index (χ1v) is 26.4. The van der Waals surface area contributed by atoms with Crippen molar-refractivity contribution in [1.82, 2.24) is 47.0 Å². The third-order valence-electron chi connectivity index (χ3n) is 13.0. The van der Waals surface area contributed by atoms with E-state index in [1.807, 2.05) is 33.8 Å². The van der Waals surface area contributed by atoms with Crippen LogP contribution in [-0.4, -0.2) is 153 Å². The van der Waals surface area contributed by atoms with Crippen molar-refractivity contribution in [1.29, 1.82) is 0 Å². The lowest BCUT2D eigenvalue weighted by atomic mass is 9.96. The zero-order chi connectivity index (χ0) is 56.8. The zero-order valence-corrected chi connectivity index (χ0v) is 47.2. The number of nitrogens with zero attached hydrogens (tertiary/aromatic N) is 2. The van der Waals surface area contributed by atoms with Crippen LogP contribution >= 0.6 is 0 Å². The maximum atomic E-state index is 14.3. The van der Waals surface area contributed by atoms with Gasteiger partial charge in [0.15, 0.2) is 0 Å². The number of alkyl carbamates (subject to hydrolysis) is 1. The van der Waals surface area contributed by atoms with Crippen LogP contribution in [0.2, 0.25) is 0 Å². The van der Waals surface area contributed by atoms with Crippen molar-refractivity contribution >= 4 is 53.4 Å². The highest BCUT2D eigenvalue weighted by molar-refractivity contribution is 6.00. The number of hydrogen-bond donors (Lipinski definition) is 8. The summed E-state index contributed by atoms with van der Waals surface area (Å²) >= 11 is 0. The van der Waals surface area contributed by atoms with Crippen molar-refractivity contribution in [3.63, 3.8) is 0 Å². The van der Waals surface area contributed by atoms with Crippen molar-refractivity contribution < 1.29 is 57.7 Å². The summed E-state index contributed by atoms with van der Waals surface area (Å²) in [5.41, 5.74) is -4.64. The first kappa shape index (κ1) is 63.5. The molecule has 6 atom stereocenters. The van der Waals surface area contributed by atoms with Crippen molar-refractivity contribution in [2.24, 2.45) is 17.8 Å². The number of aliphatic hydroxyl groups is 1. The van der Waals surface area contributed by atoms with Crippen LogP contribution in [0.1, 0.15) is 148 Å². The van der Waals surface area contributed by atoms with E-state index in [1.165, 1.54) is 51.3 Å². The average molecular weight is 1060 g/mol. The number of amides is 9. The molecule has 1 aromatic rings. The minimum absolute atomic E-state index is 0.0457. The standard InChI is InChI=1S/C54H89N9O12/c1-32(2)27-36(29-64)55-44(67)39-23-19-25-62(39)48(71)53(12,13)59-43(66)37(28-33(3)4)56-47(70)52(10,11)60-45(68)40-24-20-26-63(40)49(72)54(14,15)61-46(69)41(34(5)6)58-42(65)38(31-75-51(7,8)9)57-50(73)74-30-35-21-17-16-18-22-35/h16-18,21-22,32-34,36-41,64H,19-20,23-31H2,1-15H3,(H,55,67)(H,56,70)(H,57,73)(H,58,65)(H,59,66)(H,60,68)(H,61,69)/t36-,37-,38-,39-,40-,41-/m0/s1. The molecule has 2 heterocycles. The Morgan fingerprint density at radius 1 is 0.613 bits per heavy atom.